The molecule has 1 heterocycles. The second-order valence-electron chi connectivity index (χ2n) is 4.09. The van der Waals surface area contributed by atoms with Crippen molar-refractivity contribution in [3.05, 3.63) is 29.6 Å². The van der Waals surface area contributed by atoms with Crippen molar-refractivity contribution in [3.8, 4) is 0 Å². The monoisotopic (exact) mass is 177 g/mol. The zero-order valence-corrected chi connectivity index (χ0v) is 7.95. The smallest absolute Gasteiger partial charge is 0.0653 e. The van der Waals surface area contributed by atoms with E-state index in [1.807, 2.05) is 19.3 Å². The summed E-state index contributed by atoms with van der Waals surface area (Å²) in [7, 11) is 0. The van der Waals surface area contributed by atoms with Gasteiger partial charge in [0.25, 0.3) is 0 Å². The van der Waals surface area contributed by atoms with Crippen molar-refractivity contribution in [2.45, 2.75) is 38.2 Å². The van der Waals surface area contributed by atoms with Crippen LogP contribution in [0.1, 0.15) is 30.4 Å². The molecule has 0 unspecified atom stereocenters. The summed E-state index contributed by atoms with van der Waals surface area (Å²) in [6.45, 7) is 2.04. The molecule has 1 aliphatic rings. The summed E-state index contributed by atoms with van der Waals surface area (Å²) >= 11 is 0. The quantitative estimate of drug-likeness (QED) is 0.764. The summed E-state index contributed by atoms with van der Waals surface area (Å²) in [6, 6.07) is 2.14. The Morgan fingerprint density at radius 3 is 2.85 bits per heavy atom. The maximum absolute atomic E-state index is 9.64. The molecule has 0 bridgehead atoms. The van der Waals surface area contributed by atoms with Gasteiger partial charge in [0.2, 0.25) is 0 Å². The van der Waals surface area contributed by atoms with E-state index in [4.69, 9.17) is 0 Å². The third-order valence-electron chi connectivity index (χ3n) is 2.64. The predicted octanol–water partition coefficient (Wildman–Crippen LogP) is 1.85. The fourth-order valence-electron chi connectivity index (χ4n) is 1.53. The number of aliphatic hydroxyl groups is 1. The van der Waals surface area contributed by atoms with E-state index in [-0.39, 0.29) is 5.60 Å². The van der Waals surface area contributed by atoms with Gasteiger partial charge in [0.15, 0.2) is 0 Å². The summed E-state index contributed by atoms with van der Waals surface area (Å²) < 4.78 is 0. The number of aryl methyl sites for hydroxylation is 2. The van der Waals surface area contributed by atoms with Crippen LogP contribution in [0.5, 0.6) is 0 Å². The van der Waals surface area contributed by atoms with Gasteiger partial charge in [-0.25, -0.2) is 0 Å². The van der Waals surface area contributed by atoms with Crippen molar-refractivity contribution < 1.29 is 5.11 Å². The lowest BCUT2D eigenvalue weighted by Gasteiger charge is -2.06. The molecule has 0 aromatic carbocycles. The van der Waals surface area contributed by atoms with Crippen LogP contribution in [-0.2, 0) is 6.42 Å². The standard InChI is InChI=1S/C11H15NO/c1-9-6-10(8-12-7-9)2-3-11(13)4-5-11/h6-8,13H,2-5H2,1H3. The molecule has 0 aliphatic heterocycles. The first-order valence-electron chi connectivity index (χ1n) is 4.81. The molecular formula is C11H15NO. The van der Waals surface area contributed by atoms with E-state index in [1.54, 1.807) is 0 Å². The summed E-state index contributed by atoms with van der Waals surface area (Å²) in [4.78, 5) is 4.12. The Balaban J connectivity index is 1.94. The lowest BCUT2D eigenvalue weighted by Crippen LogP contribution is -2.07. The van der Waals surface area contributed by atoms with Gasteiger partial charge in [0, 0.05) is 12.4 Å². The van der Waals surface area contributed by atoms with Gasteiger partial charge in [-0.1, -0.05) is 6.07 Å². The van der Waals surface area contributed by atoms with Gasteiger partial charge >= 0.3 is 0 Å². The minimum Gasteiger partial charge on any atom is -0.390 e. The summed E-state index contributed by atoms with van der Waals surface area (Å²) in [6.07, 6.45) is 7.54. The minimum absolute atomic E-state index is 0.330. The summed E-state index contributed by atoms with van der Waals surface area (Å²) in [5.74, 6) is 0. The molecule has 1 fully saturated rings. The van der Waals surface area contributed by atoms with Gasteiger partial charge in [-0.2, -0.15) is 0 Å². The molecule has 1 aromatic heterocycles. The van der Waals surface area contributed by atoms with E-state index in [2.05, 4.69) is 11.1 Å². The van der Waals surface area contributed by atoms with E-state index < -0.39 is 0 Å². The molecule has 0 spiro atoms. The largest absolute Gasteiger partial charge is 0.390 e. The Labute approximate surface area is 78.6 Å². The molecular weight excluding hydrogens is 162 g/mol. The van der Waals surface area contributed by atoms with E-state index in [0.717, 1.165) is 25.7 Å². The van der Waals surface area contributed by atoms with E-state index >= 15 is 0 Å². The number of aromatic nitrogens is 1. The molecule has 2 heteroatoms. The molecule has 2 rings (SSSR count). The zero-order chi connectivity index (χ0) is 9.31. The van der Waals surface area contributed by atoms with Gasteiger partial charge in [-0.05, 0) is 43.7 Å². The number of pyridine rings is 1. The first-order chi connectivity index (χ1) is 6.18. The Morgan fingerprint density at radius 1 is 1.46 bits per heavy atom. The maximum Gasteiger partial charge on any atom is 0.0653 e. The van der Waals surface area contributed by atoms with E-state index in [9.17, 15) is 5.11 Å². The molecule has 0 amide bonds. The van der Waals surface area contributed by atoms with Crippen LogP contribution >= 0.6 is 0 Å². The second kappa shape index (κ2) is 3.11. The molecule has 0 atom stereocenters. The minimum atomic E-state index is -0.330. The van der Waals surface area contributed by atoms with Crippen LogP contribution in [-0.4, -0.2) is 15.7 Å². The van der Waals surface area contributed by atoms with Crippen LogP contribution in [0, 0.1) is 6.92 Å². The summed E-state index contributed by atoms with van der Waals surface area (Å²) in [5, 5.41) is 9.64. The number of hydrogen-bond donors (Lipinski definition) is 1. The lowest BCUT2D eigenvalue weighted by molar-refractivity contribution is 0.140. The van der Waals surface area contributed by atoms with Crippen molar-refractivity contribution in [1.29, 1.82) is 0 Å². The molecule has 1 saturated carbocycles. The first kappa shape index (κ1) is 8.70. The molecule has 1 N–H and O–H groups in total. The fraction of sp³-hybridized carbons (Fsp3) is 0.545. The topological polar surface area (TPSA) is 33.1 Å². The highest BCUT2D eigenvalue weighted by Crippen LogP contribution is 2.39. The van der Waals surface area contributed by atoms with Crippen LogP contribution in [0.25, 0.3) is 0 Å². The van der Waals surface area contributed by atoms with Crippen molar-refractivity contribution in [1.82, 2.24) is 4.98 Å². The highest BCUT2D eigenvalue weighted by molar-refractivity contribution is 5.17. The average Bonchev–Trinajstić information content (AvgIpc) is 2.82. The fourth-order valence-corrected chi connectivity index (χ4v) is 1.53. The Hall–Kier alpha value is -0.890. The van der Waals surface area contributed by atoms with Crippen LogP contribution in [0.3, 0.4) is 0 Å². The van der Waals surface area contributed by atoms with Crippen LogP contribution < -0.4 is 0 Å². The normalized spacial score (nSPS) is 18.6. The zero-order valence-electron chi connectivity index (χ0n) is 7.95. The van der Waals surface area contributed by atoms with Crippen molar-refractivity contribution in [3.63, 3.8) is 0 Å². The van der Waals surface area contributed by atoms with Crippen molar-refractivity contribution in [2.24, 2.45) is 0 Å². The number of rotatable bonds is 3. The third-order valence-corrected chi connectivity index (χ3v) is 2.64. The SMILES string of the molecule is Cc1cncc(CCC2(O)CC2)c1. The molecule has 0 saturated heterocycles. The first-order valence-corrected chi connectivity index (χ1v) is 4.81. The van der Waals surface area contributed by atoms with Gasteiger partial charge in [0.05, 0.1) is 5.60 Å². The third kappa shape index (κ3) is 2.28. The highest BCUT2D eigenvalue weighted by atomic mass is 16.3. The number of nitrogens with zero attached hydrogens (tertiary/aromatic N) is 1. The maximum atomic E-state index is 9.64. The predicted molar refractivity (Wildman–Crippen MR) is 51.5 cm³/mol. The van der Waals surface area contributed by atoms with Gasteiger partial charge in [0.1, 0.15) is 0 Å². The van der Waals surface area contributed by atoms with Crippen LogP contribution in [0.2, 0.25) is 0 Å². The molecule has 2 nitrogen and oxygen atoms in total. The van der Waals surface area contributed by atoms with Gasteiger partial charge in [-0.15, -0.1) is 0 Å². The molecule has 0 radical (unpaired) electrons. The lowest BCUT2D eigenvalue weighted by atomic mass is 10.1. The van der Waals surface area contributed by atoms with Gasteiger partial charge < -0.3 is 5.11 Å². The van der Waals surface area contributed by atoms with E-state index in [1.165, 1.54) is 11.1 Å². The Bertz CT molecular complexity index is 305. The Morgan fingerprint density at radius 2 is 2.23 bits per heavy atom. The average molecular weight is 177 g/mol. The van der Waals surface area contributed by atoms with Gasteiger partial charge in [-0.3, -0.25) is 4.98 Å². The van der Waals surface area contributed by atoms with Crippen LogP contribution in [0.4, 0.5) is 0 Å². The highest BCUT2D eigenvalue weighted by Gasteiger charge is 2.39. The molecule has 70 valence electrons. The molecule has 13 heavy (non-hydrogen) atoms. The Kier molecular flexibility index (Phi) is 2.08. The van der Waals surface area contributed by atoms with Crippen molar-refractivity contribution >= 4 is 0 Å². The molecule has 1 aromatic rings. The second-order valence-corrected chi connectivity index (χ2v) is 4.09. The number of hydrogen-bond acceptors (Lipinski definition) is 2. The molecule has 1 aliphatic carbocycles. The van der Waals surface area contributed by atoms with E-state index in [0.29, 0.717) is 0 Å². The summed E-state index contributed by atoms with van der Waals surface area (Å²) in [5.41, 5.74) is 2.10. The van der Waals surface area contributed by atoms with Crippen LogP contribution in [0.15, 0.2) is 18.5 Å². The van der Waals surface area contributed by atoms with Crippen molar-refractivity contribution in [2.75, 3.05) is 0 Å².